The summed E-state index contributed by atoms with van der Waals surface area (Å²) in [5.74, 6) is -0.847. The Morgan fingerprint density at radius 1 is 1.35 bits per heavy atom. The first-order valence-corrected chi connectivity index (χ1v) is 7.98. The lowest BCUT2D eigenvalue weighted by Gasteiger charge is -2.10. The van der Waals surface area contributed by atoms with Crippen molar-refractivity contribution in [3.63, 3.8) is 0 Å². The van der Waals surface area contributed by atoms with Crippen molar-refractivity contribution < 1.29 is 17.5 Å². The van der Waals surface area contributed by atoms with Gasteiger partial charge in [0.25, 0.3) is 0 Å². The Hall–Kier alpha value is -1.18. The van der Waals surface area contributed by atoms with Crippen LogP contribution in [-0.2, 0) is 14.8 Å². The molecular formula is C13H21FN2O3S. The van der Waals surface area contributed by atoms with Gasteiger partial charge in [-0.2, -0.15) is 0 Å². The molecule has 1 aromatic carbocycles. The van der Waals surface area contributed by atoms with Crippen LogP contribution in [0.4, 0.5) is 10.1 Å². The summed E-state index contributed by atoms with van der Waals surface area (Å²) in [5, 5.41) is 0. The molecule has 7 heteroatoms. The fourth-order valence-corrected chi connectivity index (χ4v) is 2.89. The van der Waals surface area contributed by atoms with Crippen molar-refractivity contribution in [2.45, 2.75) is 37.7 Å². The molecule has 20 heavy (non-hydrogen) atoms. The third-order valence-electron chi connectivity index (χ3n) is 2.58. The van der Waals surface area contributed by atoms with Crippen molar-refractivity contribution in [1.82, 2.24) is 4.72 Å². The topological polar surface area (TPSA) is 81.4 Å². The predicted molar refractivity (Wildman–Crippen MR) is 76.3 cm³/mol. The van der Waals surface area contributed by atoms with Crippen LogP contribution in [0.3, 0.4) is 0 Å². The van der Waals surface area contributed by atoms with Crippen LogP contribution < -0.4 is 10.5 Å². The van der Waals surface area contributed by atoms with Gasteiger partial charge >= 0.3 is 0 Å². The van der Waals surface area contributed by atoms with Gasteiger partial charge in [0.2, 0.25) is 10.0 Å². The molecule has 0 aromatic heterocycles. The zero-order valence-electron chi connectivity index (χ0n) is 11.7. The van der Waals surface area contributed by atoms with Crippen LogP contribution in [0.1, 0.15) is 26.7 Å². The quantitative estimate of drug-likeness (QED) is 0.567. The molecule has 0 unspecified atom stereocenters. The summed E-state index contributed by atoms with van der Waals surface area (Å²) in [5.41, 5.74) is 5.42. The second kappa shape index (κ2) is 7.56. The highest BCUT2D eigenvalue weighted by molar-refractivity contribution is 7.89. The standard InChI is InChI=1S/C13H21FN2O3S/c1-10(2)19-9-4-3-8-16-20(17,18)13-11(14)6-5-7-12(13)15/h5-7,10,16H,3-4,8-9,15H2,1-2H3. The summed E-state index contributed by atoms with van der Waals surface area (Å²) < 4.78 is 45.1. The minimum Gasteiger partial charge on any atom is -0.398 e. The monoisotopic (exact) mass is 304 g/mol. The van der Waals surface area contributed by atoms with E-state index in [-0.39, 0.29) is 18.3 Å². The molecule has 0 atom stereocenters. The third-order valence-corrected chi connectivity index (χ3v) is 4.13. The van der Waals surface area contributed by atoms with Gasteiger partial charge in [-0.05, 0) is 38.8 Å². The minimum atomic E-state index is -3.92. The second-order valence-electron chi connectivity index (χ2n) is 4.68. The SMILES string of the molecule is CC(C)OCCCCNS(=O)(=O)c1c(N)cccc1F. The van der Waals surface area contributed by atoms with Gasteiger partial charge in [-0.1, -0.05) is 6.07 Å². The fraction of sp³-hybridized carbons (Fsp3) is 0.538. The maximum atomic E-state index is 13.5. The number of nitrogens with one attached hydrogen (secondary N) is 1. The van der Waals surface area contributed by atoms with E-state index in [0.29, 0.717) is 13.0 Å². The van der Waals surface area contributed by atoms with E-state index < -0.39 is 20.7 Å². The molecule has 1 aromatic rings. The molecule has 5 nitrogen and oxygen atoms in total. The van der Waals surface area contributed by atoms with Crippen molar-refractivity contribution in [2.24, 2.45) is 0 Å². The molecule has 0 saturated heterocycles. The van der Waals surface area contributed by atoms with Crippen LogP contribution in [0.2, 0.25) is 0 Å². The van der Waals surface area contributed by atoms with Gasteiger partial charge in [-0.3, -0.25) is 0 Å². The Morgan fingerprint density at radius 3 is 2.65 bits per heavy atom. The highest BCUT2D eigenvalue weighted by Crippen LogP contribution is 2.21. The molecule has 0 spiro atoms. The van der Waals surface area contributed by atoms with Crippen molar-refractivity contribution >= 4 is 15.7 Å². The first-order valence-electron chi connectivity index (χ1n) is 6.50. The maximum absolute atomic E-state index is 13.5. The molecule has 0 aliphatic carbocycles. The average molecular weight is 304 g/mol. The molecule has 0 aliphatic heterocycles. The number of nitrogen functional groups attached to an aromatic ring is 1. The van der Waals surface area contributed by atoms with Crippen LogP contribution in [0, 0.1) is 5.82 Å². The number of rotatable bonds is 8. The smallest absolute Gasteiger partial charge is 0.245 e. The minimum absolute atomic E-state index is 0.0966. The number of anilines is 1. The lowest BCUT2D eigenvalue weighted by Crippen LogP contribution is -2.26. The lowest BCUT2D eigenvalue weighted by atomic mass is 10.3. The summed E-state index contributed by atoms with van der Waals surface area (Å²) >= 11 is 0. The zero-order chi connectivity index (χ0) is 15.2. The van der Waals surface area contributed by atoms with Gasteiger partial charge in [-0.15, -0.1) is 0 Å². The third kappa shape index (κ3) is 5.07. The average Bonchev–Trinajstić information content (AvgIpc) is 2.32. The van der Waals surface area contributed by atoms with E-state index in [1.165, 1.54) is 12.1 Å². The van der Waals surface area contributed by atoms with Gasteiger partial charge in [-0.25, -0.2) is 17.5 Å². The molecule has 0 heterocycles. The summed E-state index contributed by atoms with van der Waals surface area (Å²) in [6.07, 6.45) is 1.50. The Morgan fingerprint density at radius 2 is 2.05 bits per heavy atom. The van der Waals surface area contributed by atoms with Crippen molar-refractivity contribution in [1.29, 1.82) is 0 Å². The Balaban J connectivity index is 2.50. The van der Waals surface area contributed by atoms with E-state index in [2.05, 4.69) is 4.72 Å². The van der Waals surface area contributed by atoms with Gasteiger partial charge in [0.1, 0.15) is 10.7 Å². The Labute approximate surface area is 119 Å². The first kappa shape index (κ1) is 16.9. The fourth-order valence-electron chi connectivity index (χ4n) is 1.63. The number of sulfonamides is 1. The zero-order valence-corrected chi connectivity index (χ0v) is 12.5. The summed E-state index contributed by atoms with van der Waals surface area (Å²) in [4.78, 5) is -0.488. The molecule has 0 saturated carbocycles. The van der Waals surface area contributed by atoms with E-state index in [9.17, 15) is 12.8 Å². The van der Waals surface area contributed by atoms with Crippen LogP contribution in [0.5, 0.6) is 0 Å². The van der Waals surface area contributed by atoms with Crippen LogP contribution >= 0.6 is 0 Å². The van der Waals surface area contributed by atoms with Gasteiger partial charge in [0, 0.05) is 13.2 Å². The number of halogens is 1. The van der Waals surface area contributed by atoms with Crippen molar-refractivity contribution in [3.8, 4) is 0 Å². The molecule has 0 radical (unpaired) electrons. The van der Waals surface area contributed by atoms with E-state index >= 15 is 0 Å². The van der Waals surface area contributed by atoms with Gasteiger partial charge in [0.05, 0.1) is 11.8 Å². The molecule has 114 valence electrons. The number of nitrogens with two attached hydrogens (primary N) is 1. The Bertz CT molecular complexity index is 512. The van der Waals surface area contributed by atoms with E-state index in [1.54, 1.807) is 0 Å². The summed E-state index contributed by atoms with van der Waals surface area (Å²) in [7, 11) is -3.92. The predicted octanol–water partition coefficient (Wildman–Crippen LogP) is 1.89. The lowest BCUT2D eigenvalue weighted by molar-refractivity contribution is 0.0762. The van der Waals surface area contributed by atoms with Gasteiger partial charge in [0.15, 0.2) is 0 Å². The highest BCUT2D eigenvalue weighted by atomic mass is 32.2. The maximum Gasteiger partial charge on any atom is 0.245 e. The van der Waals surface area contributed by atoms with E-state index in [0.717, 1.165) is 12.5 Å². The molecule has 0 fully saturated rings. The summed E-state index contributed by atoms with van der Waals surface area (Å²) in [6.45, 7) is 4.66. The molecule has 0 amide bonds. The van der Waals surface area contributed by atoms with Crippen molar-refractivity contribution in [2.75, 3.05) is 18.9 Å². The highest BCUT2D eigenvalue weighted by Gasteiger charge is 2.21. The number of ether oxygens (including phenoxy) is 1. The summed E-state index contributed by atoms with van der Waals surface area (Å²) in [6, 6.07) is 3.79. The van der Waals surface area contributed by atoms with E-state index in [4.69, 9.17) is 10.5 Å². The van der Waals surface area contributed by atoms with Gasteiger partial charge < -0.3 is 10.5 Å². The molecule has 0 bridgehead atoms. The molecule has 3 N–H and O–H groups in total. The largest absolute Gasteiger partial charge is 0.398 e. The van der Waals surface area contributed by atoms with Crippen LogP contribution in [-0.4, -0.2) is 27.7 Å². The first-order chi connectivity index (χ1) is 9.34. The molecular weight excluding hydrogens is 283 g/mol. The van der Waals surface area contributed by atoms with E-state index in [1.807, 2.05) is 13.8 Å². The number of hydrogen-bond acceptors (Lipinski definition) is 4. The van der Waals surface area contributed by atoms with Crippen molar-refractivity contribution in [3.05, 3.63) is 24.0 Å². The number of unbranched alkanes of at least 4 members (excludes halogenated alkanes) is 1. The molecule has 1 rings (SSSR count). The number of benzene rings is 1. The normalized spacial score (nSPS) is 12.0. The van der Waals surface area contributed by atoms with Crippen LogP contribution in [0.25, 0.3) is 0 Å². The second-order valence-corrected chi connectivity index (χ2v) is 6.39. The Kier molecular flexibility index (Phi) is 6.38. The number of hydrogen-bond donors (Lipinski definition) is 2. The van der Waals surface area contributed by atoms with Crippen LogP contribution in [0.15, 0.2) is 23.1 Å². The molecule has 0 aliphatic rings.